The highest BCUT2D eigenvalue weighted by molar-refractivity contribution is 4.83. The maximum absolute atomic E-state index is 3.60. The summed E-state index contributed by atoms with van der Waals surface area (Å²) in [5, 5.41) is 3.60. The van der Waals surface area contributed by atoms with Crippen LogP contribution in [0, 0.1) is 5.41 Å². The van der Waals surface area contributed by atoms with Gasteiger partial charge < -0.3 is 10.2 Å². The lowest BCUT2D eigenvalue weighted by Gasteiger charge is -2.28. The van der Waals surface area contributed by atoms with Gasteiger partial charge in [0.25, 0.3) is 0 Å². The van der Waals surface area contributed by atoms with E-state index >= 15 is 0 Å². The molecule has 0 bridgehead atoms. The summed E-state index contributed by atoms with van der Waals surface area (Å²) in [7, 11) is 0. The van der Waals surface area contributed by atoms with Gasteiger partial charge in [-0.15, -0.1) is 0 Å². The molecule has 1 rings (SSSR count). The lowest BCUT2D eigenvalue weighted by atomic mass is 9.93. The number of nitrogens with one attached hydrogen (secondary N) is 1. The molecule has 0 spiro atoms. The summed E-state index contributed by atoms with van der Waals surface area (Å²) >= 11 is 0. The van der Waals surface area contributed by atoms with Crippen molar-refractivity contribution in [1.82, 2.24) is 10.2 Å². The fourth-order valence-electron chi connectivity index (χ4n) is 2.18. The van der Waals surface area contributed by atoms with Crippen molar-refractivity contribution in [3.05, 3.63) is 0 Å². The standard InChI is InChI=1S/C12H26N2/c1-5-6-7-14-8-11(2)13-9-12(3,4)10-14/h11,13H,5-10H2,1-4H3. The van der Waals surface area contributed by atoms with E-state index in [-0.39, 0.29) is 0 Å². The number of unbranched alkanes of at least 4 members (excludes halogenated alkanes) is 1. The first kappa shape index (κ1) is 12.0. The quantitative estimate of drug-likeness (QED) is 0.747. The number of nitrogens with zero attached hydrogens (tertiary/aromatic N) is 1. The van der Waals surface area contributed by atoms with Crippen LogP contribution in [0.15, 0.2) is 0 Å². The molecule has 1 unspecified atom stereocenters. The molecule has 1 atom stereocenters. The van der Waals surface area contributed by atoms with Crippen molar-refractivity contribution in [2.75, 3.05) is 26.2 Å². The van der Waals surface area contributed by atoms with Gasteiger partial charge in [0, 0.05) is 25.7 Å². The van der Waals surface area contributed by atoms with Crippen LogP contribution in [0.3, 0.4) is 0 Å². The van der Waals surface area contributed by atoms with Crippen LogP contribution >= 0.6 is 0 Å². The largest absolute Gasteiger partial charge is 0.312 e. The Bertz CT molecular complexity index is 166. The van der Waals surface area contributed by atoms with E-state index in [0.717, 1.165) is 6.54 Å². The highest BCUT2D eigenvalue weighted by atomic mass is 15.2. The zero-order chi connectivity index (χ0) is 10.6. The topological polar surface area (TPSA) is 15.3 Å². The minimum absolute atomic E-state index is 0.429. The Morgan fingerprint density at radius 1 is 1.43 bits per heavy atom. The van der Waals surface area contributed by atoms with Crippen molar-refractivity contribution >= 4 is 0 Å². The van der Waals surface area contributed by atoms with Gasteiger partial charge in [-0.1, -0.05) is 27.2 Å². The summed E-state index contributed by atoms with van der Waals surface area (Å²) in [5.41, 5.74) is 0.429. The van der Waals surface area contributed by atoms with Crippen LogP contribution in [-0.4, -0.2) is 37.1 Å². The zero-order valence-corrected chi connectivity index (χ0v) is 10.3. The van der Waals surface area contributed by atoms with Crippen LogP contribution < -0.4 is 5.32 Å². The normalized spacial score (nSPS) is 28.7. The third kappa shape index (κ3) is 3.97. The smallest absolute Gasteiger partial charge is 0.0166 e. The van der Waals surface area contributed by atoms with E-state index in [0.29, 0.717) is 11.5 Å². The molecule has 1 aliphatic rings. The van der Waals surface area contributed by atoms with E-state index < -0.39 is 0 Å². The molecule has 0 aromatic rings. The summed E-state index contributed by atoms with van der Waals surface area (Å²) in [4.78, 5) is 2.62. The molecule has 0 saturated carbocycles. The van der Waals surface area contributed by atoms with E-state index in [2.05, 4.69) is 37.9 Å². The third-order valence-corrected chi connectivity index (χ3v) is 2.94. The van der Waals surface area contributed by atoms with Gasteiger partial charge in [-0.3, -0.25) is 0 Å². The van der Waals surface area contributed by atoms with Crippen LogP contribution in [0.2, 0.25) is 0 Å². The van der Waals surface area contributed by atoms with Crippen molar-refractivity contribution in [2.45, 2.75) is 46.6 Å². The Hall–Kier alpha value is -0.0800. The minimum Gasteiger partial charge on any atom is -0.312 e. The van der Waals surface area contributed by atoms with Gasteiger partial charge in [-0.25, -0.2) is 0 Å². The van der Waals surface area contributed by atoms with Gasteiger partial charge in [0.2, 0.25) is 0 Å². The minimum atomic E-state index is 0.429. The second kappa shape index (κ2) is 5.13. The molecular formula is C12H26N2. The van der Waals surface area contributed by atoms with E-state index in [1.54, 1.807) is 0 Å². The zero-order valence-electron chi connectivity index (χ0n) is 10.3. The molecule has 1 fully saturated rings. The van der Waals surface area contributed by atoms with E-state index in [1.807, 2.05) is 0 Å². The molecule has 0 amide bonds. The Morgan fingerprint density at radius 3 is 2.79 bits per heavy atom. The molecule has 2 heteroatoms. The van der Waals surface area contributed by atoms with Crippen LogP contribution in [0.1, 0.15) is 40.5 Å². The lowest BCUT2D eigenvalue weighted by molar-refractivity contribution is 0.200. The first-order chi connectivity index (χ1) is 6.53. The Labute approximate surface area is 89.1 Å². The van der Waals surface area contributed by atoms with Gasteiger partial charge >= 0.3 is 0 Å². The summed E-state index contributed by atoms with van der Waals surface area (Å²) in [6.45, 7) is 14.1. The monoisotopic (exact) mass is 198 g/mol. The molecule has 84 valence electrons. The summed E-state index contributed by atoms with van der Waals surface area (Å²) < 4.78 is 0. The SMILES string of the molecule is CCCCN1CC(C)NCC(C)(C)C1. The number of hydrogen-bond acceptors (Lipinski definition) is 2. The molecular weight excluding hydrogens is 172 g/mol. The maximum atomic E-state index is 3.60. The van der Waals surface area contributed by atoms with Gasteiger partial charge in [-0.2, -0.15) is 0 Å². The second-order valence-corrected chi connectivity index (χ2v) is 5.53. The second-order valence-electron chi connectivity index (χ2n) is 5.53. The first-order valence-electron chi connectivity index (χ1n) is 5.99. The van der Waals surface area contributed by atoms with Gasteiger partial charge in [0.1, 0.15) is 0 Å². The summed E-state index contributed by atoms with van der Waals surface area (Å²) in [6, 6.07) is 0.647. The van der Waals surface area contributed by atoms with Crippen molar-refractivity contribution < 1.29 is 0 Å². The Balaban J connectivity index is 2.46. The predicted molar refractivity (Wildman–Crippen MR) is 62.6 cm³/mol. The van der Waals surface area contributed by atoms with Crippen LogP contribution in [-0.2, 0) is 0 Å². The molecule has 1 saturated heterocycles. The first-order valence-corrected chi connectivity index (χ1v) is 5.99. The molecule has 2 nitrogen and oxygen atoms in total. The average Bonchev–Trinajstić information content (AvgIpc) is 2.22. The van der Waals surface area contributed by atoms with Gasteiger partial charge in [0.05, 0.1) is 0 Å². The molecule has 0 aromatic heterocycles. The molecule has 0 aliphatic carbocycles. The lowest BCUT2D eigenvalue weighted by Crippen LogP contribution is -2.36. The third-order valence-electron chi connectivity index (χ3n) is 2.94. The Morgan fingerprint density at radius 2 is 2.14 bits per heavy atom. The van der Waals surface area contributed by atoms with E-state index in [9.17, 15) is 0 Å². The molecule has 0 radical (unpaired) electrons. The Kier molecular flexibility index (Phi) is 4.39. The summed E-state index contributed by atoms with van der Waals surface area (Å²) in [6.07, 6.45) is 2.64. The predicted octanol–water partition coefficient (Wildman–Crippen LogP) is 2.11. The average molecular weight is 198 g/mol. The van der Waals surface area contributed by atoms with Crippen LogP contribution in [0.5, 0.6) is 0 Å². The van der Waals surface area contributed by atoms with Crippen molar-refractivity contribution in [1.29, 1.82) is 0 Å². The molecule has 1 aliphatic heterocycles. The molecule has 14 heavy (non-hydrogen) atoms. The van der Waals surface area contributed by atoms with Crippen LogP contribution in [0.4, 0.5) is 0 Å². The fourth-order valence-corrected chi connectivity index (χ4v) is 2.18. The van der Waals surface area contributed by atoms with Crippen LogP contribution in [0.25, 0.3) is 0 Å². The summed E-state index contributed by atoms with van der Waals surface area (Å²) in [5.74, 6) is 0. The highest BCUT2D eigenvalue weighted by Crippen LogP contribution is 2.19. The number of hydrogen-bond donors (Lipinski definition) is 1. The molecule has 1 N–H and O–H groups in total. The molecule has 1 heterocycles. The van der Waals surface area contributed by atoms with Gasteiger partial charge in [0.15, 0.2) is 0 Å². The van der Waals surface area contributed by atoms with Crippen molar-refractivity contribution in [2.24, 2.45) is 5.41 Å². The fraction of sp³-hybridized carbons (Fsp3) is 1.00. The number of rotatable bonds is 3. The van der Waals surface area contributed by atoms with Crippen molar-refractivity contribution in [3.8, 4) is 0 Å². The molecule has 0 aromatic carbocycles. The highest BCUT2D eigenvalue weighted by Gasteiger charge is 2.26. The van der Waals surface area contributed by atoms with Gasteiger partial charge in [-0.05, 0) is 25.3 Å². The van der Waals surface area contributed by atoms with E-state index in [1.165, 1.54) is 32.5 Å². The van der Waals surface area contributed by atoms with Crippen molar-refractivity contribution in [3.63, 3.8) is 0 Å². The maximum Gasteiger partial charge on any atom is 0.0166 e. The van der Waals surface area contributed by atoms with E-state index in [4.69, 9.17) is 0 Å².